The van der Waals surface area contributed by atoms with Crippen LogP contribution >= 0.6 is 30.3 Å². The molecule has 12 heteroatoms. The monoisotopic (exact) mass is 511 g/mol. The van der Waals surface area contributed by atoms with Crippen LogP contribution in [0.1, 0.15) is 0 Å². The van der Waals surface area contributed by atoms with E-state index in [1.54, 1.807) is 37.6 Å². The molecule has 0 atom stereocenters. The molecule has 3 rings (SSSR count). The van der Waals surface area contributed by atoms with Gasteiger partial charge in [0, 0.05) is 11.4 Å². The zero-order valence-electron chi connectivity index (χ0n) is 17.9. The minimum absolute atomic E-state index is 0.0909. The molecule has 0 saturated carbocycles. The summed E-state index contributed by atoms with van der Waals surface area (Å²) in [6, 6.07) is 9.60. The topological polar surface area (TPSA) is 105 Å². The molecule has 0 unspecified atom stereocenters. The number of nitrogens with zero attached hydrogens (tertiary/aromatic N) is 2. The van der Waals surface area contributed by atoms with Crippen LogP contribution in [0.4, 0.5) is 33.2 Å². The van der Waals surface area contributed by atoms with Crippen LogP contribution in [0.25, 0.3) is 0 Å². The number of amides is 1. The molecule has 3 aromatic rings. The van der Waals surface area contributed by atoms with Gasteiger partial charge in [0.15, 0.2) is 11.6 Å². The summed E-state index contributed by atoms with van der Waals surface area (Å²) < 4.78 is 32.2. The third-order valence-electron chi connectivity index (χ3n) is 4.41. The lowest BCUT2D eigenvalue weighted by Crippen LogP contribution is -2.14. The summed E-state index contributed by atoms with van der Waals surface area (Å²) in [7, 11) is -1.20. The second kappa shape index (κ2) is 10.4. The average Bonchev–Trinajstić information content (AvgIpc) is 2.77. The smallest absolute Gasteiger partial charge is 0.239 e. The lowest BCUT2D eigenvalue weighted by Gasteiger charge is -2.16. The number of hydrogen-bond acceptors (Lipinski definition) is 7. The zero-order chi connectivity index (χ0) is 24.2. The van der Waals surface area contributed by atoms with E-state index in [0.29, 0.717) is 16.7 Å². The SMILES string of the molecule is COc1cc(F)c(NC(=O)CCl)cc1Nc1ncc(Cl)c(Nc2ccccc2P(C)(C)=O)n1. The van der Waals surface area contributed by atoms with Crippen molar-refractivity contribution in [3.63, 3.8) is 0 Å². The van der Waals surface area contributed by atoms with Gasteiger partial charge in [0.2, 0.25) is 11.9 Å². The lowest BCUT2D eigenvalue weighted by atomic mass is 10.2. The standard InChI is InChI=1S/C21H21Cl2FN5O3P/c1-32-17-8-13(24)15(26-19(30)10-22)9-16(17)28-21-25-11-12(23)20(29-21)27-14-6-4-5-7-18(14)33(2,3)31/h4-9,11H,10H2,1-3H3,(H,26,30)(H2,25,27,28,29). The van der Waals surface area contributed by atoms with E-state index in [2.05, 4.69) is 25.9 Å². The number of methoxy groups -OCH3 is 1. The highest BCUT2D eigenvalue weighted by molar-refractivity contribution is 7.70. The summed E-state index contributed by atoms with van der Waals surface area (Å²) in [6.07, 6.45) is 1.38. The number of hydrogen-bond donors (Lipinski definition) is 3. The maximum atomic E-state index is 14.3. The van der Waals surface area contributed by atoms with Gasteiger partial charge in [-0.1, -0.05) is 23.7 Å². The number of carbonyl (C=O) groups excluding carboxylic acids is 1. The Bertz CT molecular complexity index is 1240. The average molecular weight is 512 g/mol. The number of ether oxygens (including phenoxy) is 1. The minimum Gasteiger partial charge on any atom is -0.494 e. The van der Waals surface area contributed by atoms with Crippen LogP contribution in [0.5, 0.6) is 5.75 Å². The predicted molar refractivity (Wildman–Crippen MR) is 131 cm³/mol. The number of aromatic nitrogens is 2. The third kappa shape index (κ3) is 6.13. The zero-order valence-corrected chi connectivity index (χ0v) is 20.4. The highest BCUT2D eigenvalue weighted by Crippen LogP contribution is 2.39. The Kier molecular flexibility index (Phi) is 7.79. The van der Waals surface area contributed by atoms with Crippen LogP contribution in [0.15, 0.2) is 42.6 Å². The molecule has 0 spiro atoms. The summed E-state index contributed by atoms with van der Waals surface area (Å²) in [6.45, 7) is 3.34. The summed E-state index contributed by atoms with van der Waals surface area (Å²) in [5.41, 5.74) is 0.804. The molecular formula is C21H21Cl2FN5O3P. The van der Waals surface area contributed by atoms with Crippen molar-refractivity contribution in [1.82, 2.24) is 9.97 Å². The van der Waals surface area contributed by atoms with Gasteiger partial charge >= 0.3 is 0 Å². The minimum atomic E-state index is -2.57. The summed E-state index contributed by atoms with van der Waals surface area (Å²) in [4.78, 5) is 20.1. The van der Waals surface area contributed by atoms with Crippen LogP contribution in [0.3, 0.4) is 0 Å². The molecule has 3 N–H and O–H groups in total. The Labute approximate surface area is 200 Å². The fourth-order valence-corrected chi connectivity index (χ4v) is 4.27. The predicted octanol–water partition coefficient (Wildman–Crippen LogP) is 5.19. The molecule has 1 aromatic heterocycles. The van der Waals surface area contributed by atoms with E-state index in [4.69, 9.17) is 27.9 Å². The first-order chi connectivity index (χ1) is 15.6. The van der Waals surface area contributed by atoms with Crippen LogP contribution in [0, 0.1) is 5.82 Å². The number of rotatable bonds is 8. The van der Waals surface area contributed by atoms with Crippen molar-refractivity contribution >= 4 is 70.4 Å². The maximum absolute atomic E-state index is 14.3. The highest BCUT2D eigenvalue weighted by atomic mass is 35.5. The van der Waals surface area contributed by atoms with Crippen molar-refractivity contribution < 1.29 is 18.5 Å². The van der Waals surface area contributed by atoms with Crippen LogP contribution in [0.2, 0.25) is 5.02 Å². The molecule has 0 saturated heterocycles. The number of para-hydroxylation sites is 1. The number of carbonyl (C=O) groups is 1. The fraction of sp³-hybridized carbons (Fsp3) is 0.190. The second-order valence-electron chi connectivity index (χ2n) is 7.22. The van der Waals surface area contributed by atoms with Crippen LogP contribution in [-0.2, 0) is 9.36 Å². The number of nitrogens with one attached hydrogen (secondary N) is 3. The van der Waals surface area contributed by atoms with Gasteiger partial charge in [-0.05, 0) is 31.5 Å². The normalized spacial score (nSPS) is 11.1. The van der Waals surface area contributed by atoms with Gasteiger partial charge in [0.1, 0.15) is 23.8 Å². The van der Waals surface area contributed by atoms with Gasteiger partial charge in [-0.2, -0.15) is 4.98 Å². The van der Waals surface area contributed by atoms with Crippen LogP contribution < -0.4 is 26.0 Å². The van der Waals surface area contributed by atoms with Crippen molar-refractivity contribution in [2.75, 3.05) is 42.3 Å². The summed E-state index contributed by atoms with van der Waals surface area (Å²) >= 11 is 11.8. The molecule has 8 nitrogen and oxygen atoms in total. The number of benzene rings is 2. The Morgan fingerprint density at radius 1 is 1.15 bits per heavy atom. The Morgan fingerprint density at radius 2 is 1.88 bits per heavy atom. The third-order valence-corrected chi connectivity index (χ3v) is 6.48. The van der Waals surface area contributed by atoms with E-state index >= 15 is 0 Å². The van der Waals surface area contributed by atoms with Crippen molar-refractivity contribution in [2.45, 2.75) is 0 Å². The van der Waals surface area contributed by atoms with Crippen molar-refractivity contribution in [2.24, 2.45) is 0 Å². The van der Waals surface area contributed by atoms with Gasteiger partial charge < -0.3 is 25.3 Å². The van der Waals surface area contributed by atoms with E-state index in [1.807, 2.05) is 0 Å². The van der Waals surface area contributed by atoms with Crippen molar-refractivity contribution in [1.29, 1.82) is 0 Å². The van der Waals surface area contributed by atoms with E-state index < -0.39 is 18.9 Å². The molecule has 1 amide bonds. The number of halogens is 3. The molecule has 0 aliphatic carbocycles. The molecular weight excluding hydrogens is 491 g/mol. The van der Waals surface area contributed by atoms with E-state index in [9.17, 15) is 13.8 Å². The molecule has 0 aliphatic heterocycles. The van der Waals surface area contributed by atoms with Gasteiger partial charge in [-0.3, -0.25) is 4.79 Å². The first-order valence-electron chi connectivity index (χ1n) is 9.57. The Balaban J connectivity index is 1.95. The summed E-state index contributed by atoms with van der Waals surface area (Å²) in [5, 5.41) is 9.28. The van der Waals surface area contributed by atoms with E-state index in [1.165, 1.54) is 19.4 Å². The van der Waals surface area contributed by atoms with Crippen molar-refractivity contribution in [3.05, 3.63) is 53.4 Å². The second-order valence-corrected chi connectivity index (χ2v) is 11.1. The first-order valence-corrected chi connectivity index (χ1v) is 13.1. The van der Waals surface area contributed by atoms with E-state index in [-0.39, 0.29) is 34.1 Å². The molecule has 0 fully saturated rings. The first kappa shape index (κ1) is 24.8. The lowest BCUT2D eigenvalue weighted by molar-refractivity contribution is -0.113. The Morgan fingerprint density at radius 3 is 2.55 bits per heavy atom. The summed E-state index contributed by atoms with van der Waals surface area (Å²) in [5.74, 6) is -1.04. The molecule has 0 bridgehead atoms. The van der Waals surface area contributed by atoms with Gasteiger partial charge in [-0.15, -0.1) is 11.6 Å². The maximum Gasteiger partial charge on any atom is 0.239 e. The number of alkyl halides is 1. The number of anilines is 5. The molecule has 0 radical (unpaired) electrons. The quantitative estimate of drug-likeness (QED) is 0.282. The van der Waals surface area contributed by atoms with Crippen LogP contribution in [-0.4, -0.2) is 42.2 Å². The van der Waals surface area contributed by atoms with Crippen molar-refractivity contribution in [3.8, 4) is 5.75 Å². The van der Waals surface area contributed by atoms with E-state index in [0.717, 1.165) is 6.07 Å². The molecule has 174 valence electrons. The van der Waals surface area contributed by atoms with Gasteiger partial charge in [-0.25, -0.2) is 9.37 Å². The highest BCUT2D eigenvalue weighted by Gasteiger charge is 2.18. The molecule has 2 aromatic carbocycles. The Hall–Kier alpha value is -2.87. The largest absolute Gasteiger partial charge is 0.494 e. The molecule has 0 aliphatic rings. The van der Waals surface area contributed by atoms with Gasteiger partial charge in [0.05, 0.1) is 30.4 Å². The fourth-order valence-electron chi connectivity index (χ4n) is 2.91. The van der Waals surface area contributed by atoms with Gasteiger partial charge in [0.25, 0.3) is 0 Å². The molecule has 1 heterocycles. The molecule has 33 heavy (non-hydrogen) atoms.